The third kappa shape index (κ3) is 5.61. The van der Waals surface area contributed by atoms with Gasteiger partial charge in [-0.25, -0.2) is 4.98 Å². The van der Waals surface area contributed by atoms with E-state index in [1.807, 2.05) is 54.7 Å². The molecular formula is C35H25F3N6O2. The van der Waals surface area contributed by atoms with E-state index >= 15 is 0 Å². The minimum absolute atomic E-state index is 0.152. The summed E-state index contributed by atoms with van der Waals surface area (Å²) in [6, 6.07) is 23.4. The predicted molar refractivity (Wildman–Crippen MR) is 172 cm³/mol. The first-order valence-electron chi connectivity index (χ1n) is 14.3. The number of rotatable bonds is 6. The van der Waals surface area contributed by atoms with Crippen LogP contribution in [0.2, 0.25) is 0 Å². The van der Waals surface area contributed by atoms with Crippen LogP contribution in [0.25, 0.3) is 28.2 Å². The minimum atomic E-state index is -4.65. The Hall–Kier alpha value is -6.10. The molecule has 0 saturated heterocycles. The second-order valence-corrected chi connectivity index (χ2v) is 10.9. The molecule has 46 heavy (non-hydrogen) atoms. The summed E-state index contributed by atoms with van der Waals surface area (Å²) in [6.45, 7) is 1.72. The second kappa shape index (κ2) is 11.1. The normalized spacial score (nSPS) is 13.6. The summed E-state index contributed by atoms with van der Waals surface area (Å²) >= 11 is 0. The summed E-state index contributed by atoms with van der Waals surface area (Å²) in [5, 5.41) is 9.90. The highest BCUT2D eigenvalue weighted by Crippen LogP contribution is 2.37. The monoisotopic (exact) mass is 618 g/mol. The first-order valence-corrected chi connectivity index (χ1v) is 14.3. The Kier molecular flexibility index (Phi) is 6.93. The van der Waals surface area contributed by atoms with Crippen LogP contribution < -0.4 is 16.0 Å². The summed E-state index contributed by atoms with van der Waals surface area (Å²) in [5.41, 5.74) is 5.25. The Morgan fingerprint density at radius 3 is 2.54 bits per heavy atom. The molecule has 2 aromatic heterocycles. The van der Waals surface area contributed by atoms with Crippen LogP contribution in [-0.2, 0) is 11.0 Å². The van der Waals surface area contributed by atoms with Crippen molar-refractivity contribution in [2.24, 2.45) is 0 Å². The van der Waals surface area contributed by atoms with Crippen molar-refractivity contribution in [3.8, 4) is 5.69 Å². The Morgan fingerprint density at radius 1 is 0.935 bits per heavy atom. The van der Waals surface area contributed by atoms with Crippen molar-refractivity contribution in [2.75, 3.05) is 16.0 Å². The number of para-hydroxylation sites is 1. The summed E-state index contributed by atoms with van der Waals surface area (Å²) in [6.07, 6.45) is 2.07. The van der Waals surface area contributed by atoms with E-state index in [9.17, 15) is 22.8 Å². The van der Waals surface area contributed by atoms with Crippen LogP contribution in [0, 0.1) is 6.92 Å². The van der Waals surface area contributed by atoms with Crippen LogP contribution in [-0.4, -0.2) is 26.3 Å². The highest BCUT2D eigenvalue weighted by Gasteiger charge is 2.32. The summed E-state index contributed by atoms with van der Waals surface area (Å²) in [5.74, 6) is -0.904. The van der Waals surface area contributed by atoms with Crippen LogP contribution >= 0.6 is 0 Å². The Morgan fingerprint density at radius 2 is 1.74 bits per heavy atom. The molecule has 228 valence electrons. The number of nitrogens with zero attached hydrogens (tertiary/aromatic N) is 2. The zero-order valence-electron chi connectivity index (χ0n) is 24.2. The molecule has 0 unspecified atom stereocenters. The number of hydrogen-bond donors (Lipinski definition) is 4. The number of alkyl halides is 3. The van der Waals surface area contributed by atoms with Crippen LogP contribution in [0.1, 0.15) is 32.7 Å². The van der Waals surface area contributed by atoms with E-state index in [0.29, 0.717) is 34.0 Å². The van der Waals surface area contributed by atoms with Gasteiger partial charge in [-0.05, 0) is 67.6 Å². The van der Waals surface area contributed by atoms with Crippen molar-refractivity contribution in [1.82, 2.24) is 14.5 Å². The number of aromatic amines is 1. The number of halogens is 3. The third-order valence-corrected chi connectivity index (χ3v) is 7.65. The average Bonchev–Trinajstić information content (AvgIpc) is 3.73. The van der Waals surface area contributed by atoms with E-state index in [1.54, 1.807) is 37.4 Å². The number of nitrogens with one attached hydrogen (secondary N) is 4. The fraction of sp³-hybridized carbons (Fsp3) is 0.0571. The van der Waals surface area contributed by atoms with Crippen LogP contribution in [0.15, 0.2) is 104 Å². The average molecular weight is 619 g/mol. The molecule has 4 N–H and O–H groups in total. The number of aromatic nitrogens is 3. The molecule has 0 fully saturated rings. The minimum Gasteiger partial charge on any atom is -0.361 e. The van der Waals surface area contributed by atoms with Crippen molar-refractivity contribution in [2.45, 2.75) is 13.1 Å². The molecule has 1 aliphatic rings. The van der Waals surface area contributed by atoms with Gasteiger partial charge in [0.2, 0.25) is 0 Å². The Labute approximate surface area is 260 Å². The number of fused-ring (bicyclic) bond motifs is 2. The van der Waals surface area contributed by atoms with Crippen LogP contribution in [0.4, 0.5) is 35.9 Å². The van der Waals surface area contributed by atoms with E-state index < -0.39 is 17.6 Å². The lowest BCUT2D eigenvalue weighted by atomic mass is 10.0. The lowest BCUT2D eigenvalue weighted by Crippen LogP contribution is -2.15. The number of anilines is 4. The quantitative estimate of drug-likeness (QED) is 0.141. The Balaban J connectivity index is 1.10. The van der Waals surface area contributed by atoms with Gasteiger partial charge >= 0.3 is 6.18 Å². The molecule has 2 amide bonds. The number of imidazole rings is 1. The SMILES string of the molecule is Cc1cn(-c2cc(C(=O)Nc3cccc(Nc4ccc5c(c4)NC(=O)C5=Cc4c[nH]c5ccccc45)c3)cc(C(F)(F)F)c2)cn1. The van der Waals surface area contributed by atoms with Gasteiger partial charge in [-0.1, -0.05) is 30.3 Å². The largest absolute Gasteiger partial charge is 0.416 e. The molecule has 4 aromatic carbocycles. The van der Waals surface area contributed by atoms with Crippen molar-refractivity contribution < 1.29 is 22.8 Å². The van der Waals surface area contributed by atoms with Gasteiger partial charge in [-0.3, -0.25) is 9.59 Å². The van der Waals surface area contributed by atoms with E-state index in [-0.39, 0.29) is 17.2 Å². The zero-order chi connectivity index (χ0) is 32.0. The number of amides is 2. The first kappa shape index (κ1) is 28.7. The molecule has 8 nitrogen and oxygen atoms in total. The van der Waals surface area contributed by atoms with Crippen molar-refractivity contribution in [3.63, 3.8) is 0 Å². The van der Waals surface area contributed by atoms with E-state index in [0.717, 1.165) is 34.2 Å². The lowest BCUT2D eigenvalue weighted by molar-refractivity contribution is -0.137. The summed E-state index contributed by atoms with van der Waals surface area (Å²) < 4.78 is 42.5. The Bertz CT molecular complexity index is 2190. The number of carbonyl (C=O) groups excluding carboxylic acids is 2. The maximum absolute atomic E-state index is 13.7. The van der Waals surface area contributed by atoms with Gasteiger partial charge in [-0.2, -0.15) is 13.2 Å². The van der Waals surface area contributed by atoms with Crippen molar-refractivity contribution >= 4 is 57.1 Å². The molecule has 11 heteroatoms. The predicted octanol–water partition coefficient (Wildman–Crippen LogP) is 8.17. The van der Waals surface area contributed by atoms with Gasteiger partial charge in [0.05, 0.1) is 23.3 Å². The van der Waals surface area contributed by atoms with Crippen LogP contribution in [0.5, 0.6) is 0 Å². The molecule has 6 aromatic rings. The number of H-pyrrole nitrogens is 1. The summed E-state index contributed by atoms with van der Waals surface area (Å²) in [7, 11) is 0. The summed E-state index contributed by atoms with van der Waals surface area (Å²) in [4.78, 5) is 33.3. The second-order valence-electron chi connectivity index (χ2n) is 10.9. The van der Waals surface area contributed by atoms with E-state index in [2.05, 4.69) is 25.9 Å². The van der Waals surface area contributed by atoms with Gasteiger partial charge in [0.15, 0.2) is 0 Å². The third-order valence-electron chi connectivity index (χ3n) is 7.65. The fourth-order valence-corrected chi connectivity index (χ4v) is 5.45. The molecule has 3 heterocycles. The van der Waals surface area contributed by atoms with E-state index in [1.165, 1.54) is 17.0 Å². The standard InChI is InChI=1S/C35H25F3N6O2/c1-20-18-44(19-40-20)27-12-21(11-23(14-27)35(36,37)38)33(45)42-25-6-4-5-24(15-25)41-26-9-10-29-30(34(46)43-32(29)16-26)13-22-17-39-31-8-3-2-7-28(22)31/h2-19,39,41H,1H3,(H,42,45)(H,43,46). The maximum Gasteiger partial charge on any atom is 0.416 e. The molecular weight excluding hydrogens is 593 g/mol. The topological polar surface area (TPSA) is 104 Å². The number of carbonyl (C=O) groups is 2. The van der Waals surface area contributed by atoms with Crippen molar-refractivity contribution in [3.05, 3.63) is 132 Å². The smallest absolute Gasteiger partial charge is 0.361 e. The fourth-order valence-electron chi connectivity index (χ4n) is 5.45. The number of hydrogen-bond acceptors (Lipinski definition) is 4. The van der Waals surface area contributed by atoms with Gasteiger partial charge < -0.3 is 25.5 Å². The first-order chi connectivity index (χ1) is 22.1. The maximum atomic E-state index is 13.7. The number of aryl methyl sites for hydroxylation is 1. The van der Waals surface area contributed by atoms with Gasteiger partial charge in [0.1, 0.15) is 0 Å². The molecule has 0 radical (unpaired) electrons. The molecule has 0 spiro atoms. The van der Waals surface area contributed by atoms with E-state index in [4.69, 9.17) is 0 Å². The molecule has 0 atom stereocenters. The van der Waals surface area contributed by atoms with Crippen LogP contribution in [0.3, 0.4) is 0 Å². The van der Waals surface area contributed by atoms with Gasteiger partial charge in [-0.15, -0.1) is 0 Å². The zero-order valence-corrected chi connectivity index (χ0v) is 24.2. The molecule has 7 rings (SSSR count). The molecule has 0 saturated carbocycles. The lowest BCUT2D eigenvalue weighted by Gasteiger charge is -2.14. The molecule has 0 bridgehead atoms. The molecule has 0 aliphatic carbocycles. The number of benzene rings is 4. The van der Waals surface area contributed by atoms with Gasteiger partial charge in [0, 0.05) is 68.3 Å². The molecule has 1 aliphatic heterocycles. The van der Waals surface area contributed by atoms with Gasteiger partial charge in [0.25, 0.3) is 11.8 Å². The highest BCUT2D eigenvalue weighted by molar-refractivity contribution is 6.35. The highest BCUT2D eigenvalue weighted by atomic mass is 19.4. The van der Waals surface area contributed by atoms with Crippen molar-refractivity contribution in [1.29, 1.82) is 0 Å².